The molecule has 0 saturated heterocycles. The predicted molar refractivity (Wildman–Crippen MR) is 104 cm³/mol. The number of hydrogen-bond donors (Lipinski definition) is 1. The molecule has 1 aromatic heterocycles. The van der Waals surface area contributed by atoms with Crippen LogP contribution in [0.1, 0.15) is 18.1 Å². The van der Waals surface area contributed by atoms with Gasteiger partial charge in [-0.3, -0.25) is 4.79 Å². The zero-order chi connectivity index (χ0) is 17.2. The van der Waals surface area contributed by atoms with E-state index in [4.69, 9.17) is 0 Å². The van der Waals surface area contributed by atoms with Crippen molar-refractivity contribution >= 4 is 33.9 Å². The number of aryl methyl sites for hydroxylation is 1. The summed E-state index contributed by atoms with van der Waals surface area (Å²) in [6.45, 7) is 3.13. The Kier molecular flexibility index (Phi) is 3.98. The molecule has 4 aromatic rings. The molecule has 0 aliphatic carbocycles. The van der Waals surface area contributed by atoms with Crippen molar-refractivity contribution in [1.29, 1.82) is 0 Å². The number of hydrogen-bond acceptors (Lipinski definition) is 1. The predicted octanol–water partition coefficient (Wildman–Crippen LogP) is 4.97. The highest BCUT2D eigenvalue weighted by atomic mass is 16.1. The number of nitrogens with zero attached hydrogens (tertiary/aromatic N) is 1. The van der Waals surface area contributed by atoms with Crippen molar-refractivity contribution in [2.24, 2.45) is 0 Å². The molecule has 0 unspecified atom stereocenters. The largest absolute Gasteiger partial charge is 0.341 e. The van der Waals surface area contributed by atoms with Gasteiger partial charge in [-0.1, -0.05) is 48.5 Å². The van der Waals surface area contributed by atoms with Crippen LogP contribution >= 0.6 is 0 Å². The average Bonchev–Trinajstić information content (AvgIpc) is 2.97. The van der Waals surface area contributed by atoms with E-state index in [0.29, 0.717) is 0 Å². The van der Waals surface area contributed by atoms with Gasteiger partial charge < -0.3 is 9.88 Å². The van der Waals surface area contributed by atoms with E-state index < -0.39 is 0 Å². The van der Waals surface area contributed by atoms with Crippen LogP contribution in [0.15, 0.2) is 66.7 Å². The summed E-state index contributed by atoms with van der Waals surface area (Å²) < 4.78 is 2.40. The number of aromatic nitrogens is 1. The van der Waals surface area contributed by atoms with E-state index in [1.807, 2.05) is 18.2 Å². The summed E-state index contributed by atoms with van der Waals surface area (Å²) >= 11 is 0. The Hall–Kier alpha value is -3.07. The van der Waals surface area contributed by atoms with Crippen LogP contribution in [0.25, 0.3) is 21.8 Å². The van der Waals surface area contributed by atoms with E-state index in [-0.39, 0.29) is 0 Å². The molecule has 4 rings (SSSR count). The molecule has 25 heavy (non-hydrogen) atoms. The molecule has 3 aromatic carbocycles. The second-order valence-corrected chi connectivity index (χ2v) is 6.21. The third kappa shape index (κ3) is 2.68. The van der Waals surface area contributed by atoms with Gasteiger partial charge >= 0.3 is 0 Å². The van der Waals surface area contributed by atoms with E-state index in [1.165, 1.54) is 32.9 Å². The molecule has 0 aliphatic heterocycles. The van der Waals surface area contributed by atoms with Crippen molar-refractivity contribution in [2.45, 2.75) is 19.9 Å². The zero-order valence-electron chi connectivity index (χ0n) is 14.2. The van der Waals surface area contributed by atoms with Crippen LogP contribution in [-0.4, -0.2) is 11.0 Å². The maximum Gasteiger partial charge on any atom is 0.211 e. The standard InChI is InChI=1S/C22H20N2O/c1-2-24-21-12-4-3-10-19(21)20-11-6-8-17(22(20)24)13-16-7-5-9-18(14-16)23-15-25/h3-12,14-15H,2,13H2,1H3,(H,23,25). The van der Waals surface area contributed by atoms with E-state index in [0.717, 1.165) is 25.1 Å². The van der Waals surface area contributed by atoms with Crippen LogP contribution < -0.4 is 5.32 Å². The first kappa shape index (κ1) is 15.5. The highest BCUT2D eigenvalue weighted by Crippen LogP contribution is 2.32. The fourth-order valence-corrected chi connectivity index (χ4v) is 3.71. The summed E-state index contributed by atoms with van der Waals surface area (Å²) in [6, 6.07) is 23.2. The molecule has 0 bridgehead atoms. The SMILES string of the molecule is CCn1c2ccccc2c2cccc(Cc3cccc(NC=O)c3)c21. The third-order valence-electron chi connectivity index (χ3n) is 4.74. The summed E-state index contributed by atoms with van der Waals surface area (Å²) in [5.41, 5.74) is 5.91. The van der Waals surface area contributed by atoms with Crippen molar-refractivity contribution in [3.63, 3.8) is 0 Å². The number of carbonyl (C=O) groups is 1. The van der Waals surface area contributed by atoms with Crippen LogP contribution in [0.4, 0.5) is 5.69 Å². The second-order valence-electron chi connectivity index (χ2n) is 6.21. The molecule has 0 radical (unpaired) electrons. The summed E-state index contributed by atoms with van der Waals surface area (Å²) in [6.07, 6.45) is 1.55. The zero-order valence-corrected chi connectivity index (χ0v) is 14.2. The summed E-state index contributed by atoms with van der Waals surface area (Å²) in [4.78, 5) is 10.7. The van der Waals surface area contributed by atoms with Gasteiger partial charge in [0.05, 0.1) is 5.52 Å². The third-order valence-corrected chi connectivity index (χ3v) is 4.74. The first-order valence-electron chi connectivity index (χ1n) is 8.59. The quantitative estimate of drug-likeness (QED) is 0.515. The van der Waals surface area contributed by atoms with Crippen molar-refractivity contribution in [3.05, 3.63) is 77.9 Å². The number of fused-ring (bicyclic) bond motifs is 3. The smallest absolute Gasteiger partial charge is 0.211 e. The number of benzene rings is 3. The van der Waals surface area contributed by atoms with Crippen molar-refractivity contribution in [2.75, 3.05) is 5.32 Å². The number of nitrogens with one attached hydrogen (secondary N) is 1. The molecule has 1 N–H and O–H groups in total. The Bertz CT molecular complexity index is 1060. The lowest BCUT2D eigenvalue weighted by Gasteiger charge is -2.10. The second kappa shape index (κ2) is 6.44. The average molecular weight is 328 g/mol. The molecule has 3 nitrogen and oxygen atoms in total. The Morgan fingerprint density at radius 1 is 0.960 bits per heavy atom. The van der Waals surface area contributed by atoms with Gasteiger partial charge in [0.25, 0.3) is 0 Å². The Balaban J connectivity index is 1.88. The topological polar surface area (TPSA) is 34.0 Å². The van der Waals surface area contributed by atoms with Gasteiger partial charge in [-0.05, 0) is 42.7 Å². The molecule has 0 spiro atoms. The first-order valence-corrected chi connectivity index (χ1v) is 8.59. The Labute approximate surface area is 146 Å². The summed E-state index contributed by atoms with van der Waals surface area (Å²) in [5.74, 6) is 0. The number of carbonyl (C=O) groups excluding carboxylic acids is 1. The first-order chi connectivity index (χ1) is 12.3. The maximum absolute atomic E-state index is 10.7. The van der Waals surface area contributed by atoms with Gasteiger partial charge in [0.2, 0.25) is 6.41 Å². The van der Waals surface area contributed by atoms with Crippen molar-refractivity contribution in [3.8, 4) is 0 Å². The van der Waals surface area contributed by atoms with Gasteiger partial charge in [0, 0.05) is 28.5 Å². The van der Waals surface area contributed by atoms with E-state index in [2.05, 4.69) is 65.3 Å². The molecule has 124 valence electrons. The van der Waals surface area contributed by atoms with Gasteiger partial charge in [0.15, 0.2) is 0 Å². The van der Waals surface area contributed by atoms with Crippen molar-refractivity contribution < 1.29 is 4.79 Å². The summed E-state index contributed by atoms with van der Waals surface area (Å²) in [7, 11) is 0. The van der Waals surface area contributed by atoms with Crippen LogP contribution in [0.2, 0.25) is 0 Å². The lowest BCUT2D eigenvalue weighted by Crippen LogP contribution is -1.99. The number of amides is 1. The molecule has 1 heterocycles. The van der Waals surface area contributed by atoms with Gasteiger partial charge in [-0.25, -0.2) is 0 Å². The normalized spacial score (nSPS) is 11.1. The molecule has 3 heteroatoms. The highest BCUT2D eigenvalue weighted by molar-refractivity contribution is 6.09. The molecular formula is C22H20N2O. The minimum Gasteiger partial charge on any atom is -0.341 e. The number of rotatable bonds is 5. The van der Waals surface area contributed by atoms with E-state index >= 15 is 0 Å². The molecule has 0 aliphatic rings. The molecule has 0 atom stereocenters. The lowest BCUT2D eigenvalue weighted by molar-refractivity contribution is -0.105. The highest BCUT2D eigenvalue weighted by Gasteiger charge is 2.12. The van der Waals surface area contributed by atoms with Gasteiger partial charge in [0.1, 0.15) is 0 Å². The van der Waals surface area contributed by atoms with Gasteiger partial charge in [-0.15, -0.1) is 0 Å². The van der Waals surface area contributed by atoms with E-state index in [9.17, 15) is 4.79 Å². The van der Waals surface area contributed by atoms with Crippen LogP contribution in [-0.2, 0) is 17.8 Å². The molecule has 0 saturated carbocycles. The van der Waals surface area contributed by atoms with Gasteiger partial charge in [-0.2, -0.15) is 0 Å². The number of para-hydroxylation sites is 2. The minimum absolute atomic E-state index is 0.717. The fourth-order valence-electron chi connectivity index (χ4n) is 3.71. The Morgan fingerprint density at radius 2 is 1.76 bits per heavy atom. The van der Waals surface area contributed by atoms with Crippen LogP contribution in [0.5, 0.6) is 0 Å². The number of anilines is 1. The maximum atomic E-state index is 10.7. The Morgan fingerprint density at radius 3 is 2.60 bits per heavy atom. The van der Waals surface area contributed by atoms with E-state index in [1.54, 1.807) is 0 Å². The summed E-state index contributed by atoms with van der Waals surface area (Å²) in [5, 5.41) is 5.34. The van der Waals surface area contributed by atoms with Crippen LogP contribution in [0, 0.1) is 0 Å². The minimum atomic E-state index is 0.717. The molecule has 1 amide bonds. The van der Waals surface area contributed by atoms with Crippen molar-refractivity contribution in [1.82, 2.24) is 4.57 Å². The monoisotopic (exact) mass is 328 g/mol. The molecule has 0 fully saturated rings. The molecular weight excluding hydrogens is 308 g/mol. The lowest BCUT2D eigenvalue weighted by atomic mass is 10.0. The van der Waals surface area contributed by atoms with Crippen LogP contribution in [0.3, 0.4) is 0 Å². The fraction of sp³-hybridized carbons (Fsp3) is 0.136.